The standard InChI is InChI=1S/C25H25N3O3/c1-18-7-9-20(10-8-18)21-5-2-4-19(14-21)15-25(24(26)30)17-28(12-13-31-25)23(29)22-6-3-11-27-16-22/h2-11,14,16H,12-13,15,17H2,1H3,(H2,26,30)/t25-/m1/s1. The summed E-state index contributed by atoms with van der Waals surface area (Å²) in [6.45, 7) is 2.79. The number of rotatable bonds is 5. The Morgan fingerprint density at radius 1 is 1.10 bits per heavy atom. The zero-order chi connectivity index (χ0) is 21.8. The van der Waals surface area contributed by atoms with Crippen LogP contribution in [0.4, 0.5) is 0 Å². The Hall–Kier alpha value is -3.51. The van der Waals surface area contributed by atoms with E-state index < -0.39 is 11.5 Å². The number of carbonyl (C=O) groups excluding carboxylic acids is 2. The average Bonchev–Trinajstić information content (AvgIpc) is 2.80. The summed E-state index contributed by atoms with van der Waals surface area (Å²) in [4.78, 5) is 31.1. The van der Waals surface area contributed by atoms with Crippen molar-refractivity contribution in [1.82, 2.24) is 9.88 Å². The molecule has 2 heterocycles. The molecule has 0 spiro atoms. The van der Waals surface area contributed by atoms with E-state index in [1.54, 1.807) is 23.2 Å². The predicted molar refractivity (Wildman–Crippen MR) is 118 cm³/mol. The third kappa shape index (κ3) is 4.49. The summed E-state index contributed by atoms with van der Waals surface area (Å²) in [6, 6.07) is 19.7. The maximum Gasteiger partial charge on any atom is 0.255 e. The molecule has 1 aromatic heterocycles. The minimum absolute atomic E-state index is 0.102. The van der Waals surface area contributed by atoms with Crippen LogP contribution in [0, 0.1) is 6.92 Å². The molecule has 2 aromatic carbocycles. The van der Waals surface area contributed by atoms with Gasteiger partial charge in [0.15, 0.2) is 5.60 Å². The van der Waals surface area contributed by atoms with Crippen LogP contribution in [0.3, 0.4) is 0 Å². The van der Waals surface area contributed by atoms with Crippen LogP contribution in [0.15, 0.2) is 73.1 Å². The van der Waals surface area contributed by atoms with Gasteiger partial charge >= 0.3 is 0 Å². The van der Waals surface area contributed by atoms with Crippen molar-refractivity contribution >= 4 is 11.8 Å². The molecule has 158 valence electrons. The topological polar surface area (TPSA) is 85.5 Å². The van der Waals surface area contributed by atoms with Crippen LogP contribution in [-0.2, 0) is 16.0 Å². The van der Waals surface area contributed by atoms with Crippen LogP contribution in [0.5, 0.6) is 0 Å². The number of aryl methyl sites for hydroxylation is 1. The molecule has 0 bridgehead atoms. The maximum atomic E-state index is 12.9. The van der Waals surface area contributed by atoms with Crippen molar-refractivity contribution in [3.8, 4) is 11.1 Å². The van der Waals surface area contributed by atoms with Gasteiger partial charge in [-0.1, -0.05) is 54.1 Å². The largest absolute Gasteiger partial charge is 0.367 e. The highest BCUT2D eigenvalue weighted by atomic mass is 16.5. The summed E-state index contributed by atoms with van der Waals surface area (Å²) in [7, 11) is 0. The lowest BCUT2D eigenvalue weighted by atomic mass is 9.90. The molecule has 2 amide bonds. The van der Waals surface area contributed by atoms with Crippen LogP contribution in [-0.4, -0.2) is 47.0 Å². The van der Waals surface area contributed by atoms with E-state index in [1.807, 2.05) is 24.3 Å². The zero-order valence-corrected chi connectivity index (χ0v) is 17.5. The minimum atomic E-state index is -1.28. The van der Waals surface area contributed by atoms with Gasteiger partial charge in [-0.05, 0) is 35.7 Å². The molecule has 1 saturated heterocycles. The van der Waals surface area contributed by atoms with Gasteiger partial charge in [-0.25, -0.2) is 0 Å². The van der Waals surface area contributed by atoms with Gasteiger partial charge < -0.3 is 15.4 Å². The SMILES string of the molecule is Cc1ccc(-c2cccc(C[C@]3(C(N)=O)CN(C(=O)c4cccnc4)CCO3)c2)cc1. The summed E-state index contributed by atoms with van der Waals surface area (Å²) in [5.41, 5.74) is 9.27. The predicted octanol–water partition coefficient (Wildman–Crippen LogP) is 3.00. The second kappa shape index (κ2) is 8.70. The van der Waals surface area contributed by atoms with Crippen molar-refractivity contribution in [2.75, 3.05) is 19.7 Å². The van der Waals surface area contributed by atoms with Crippen molar-refractivity contribution in [2.24, 2.45) is 5.73 Å². The molecule has 1 fully saturated rings. The third-order valence-electron chi connectivity index (χ3n) is 5.63. The average molecular weight is 415 g/mol. The molecule has 0 unspecified atom stereocenters. The fraction of sp³-hybridized carbons (Fsp3) is 0.240. The first-order valence-electron chi connectivity index (χ1n) is 10.3. The van der Waals surface area contributed by atoms with Crippen molar-refractivity contribution < 1.29 is 14.3 Å². The minimum Gasteiger partial charge on any atom is -0.367 e. The van der Waals surface area contributed by atoms with Crippen molar-refractivity contribution in [3.63, 3.8) is 0 Å². The number of pyridine rings is 1. The Kier molecular flexibility index (Phi) is 5.82. The maximum absolute atomic E-state index is 12.9. The molecule has 1 aliphatic rings. The number of ether oxygens (including phenoxy) is 1. The van der Waals surface area contributed by atoms with Gasteiger partial charge in [-0.2, -0.15) is 0 Å². The van der Waals surface area contributed by atoms with Gasteiger partial charge in [-0.3, -0.25) is 14.6 Å². The lowest BCUT2D eigenvalue weighted by Gasteiger charge is -2.40. The first kappa shape index (κ1) is 20.8. The molecule has 0 saturated carbocycles. The van der Waals surface area contributed by atoms with Gasteiger partial charge in [-0.15, -0.1) is 0 Å². The molecule has 31 heavy (non-hydrogen) atoms. The third-order valence-corrected chi connectivity index (χ3v) is 5.63. The van der Waals surface area contributed by atoms with E-state index >= 15 is 0 Å². The van der Waals surface area contributed by atoms with Gasteiger partial charge in [0.2, 0.25) is 0 Å². The number of hydrogen-bond acceptors (Lipinski definition) is 4. The molecule has 1 aliphatic heterocycles. The van der Waals surface area contributed by atoms with Crippen LogP contribution >= 0.6 is 0 Å². The fourth-order valence-corrected chi connectivity index (χ4v) is 3.91. The van der Waals surface area contributed by atoms with Crippen molar-refractivity contribution in [3.05, 3.63) is 89.7 Å². The Morgan fingerprint density at radius 3 is 2.61 bits per heavy atom. The van der Waals surface area contributed by atoms with Gasteiger partial charge in [0.1, 0.15) is 0 Å². The van der Waals surface area contributed by atoms with Crippen LogP contribution in [0.1, 0.15) is 21.5 Å². The lowest BCUT2D eigenvalue weighted by molar-refractivity contribution is -0.153. The van der Waals surface area contributed by atoms with Gasteiger partial charge in [0.25, 0.3) is 11.8 Å². The summed E-state index contributed by atoms with van der Waals surface area (Å²) in [6.07, 6.45) is 3.43. The quantitative estimate of drug-likeness (QED) is 0.694. The second-order valence-electron chi connectivity index (χ2n) is 7.92. The molecule has 6 heteroatoms. The molecule has 0 radical (unpaired) electrons. The number of benzene rings is 2. The Bertz CT molecular complexity index is 1080. The number of nitrogens with zero attached hydrogens (tertiary/aromatic N) is 2. The number of nitrogens with two attached hydrogens (primary N) is 1. The smallest absolute Gasteiger partial charge is 0.255 e. The number of amides is 2. The molecular formula is C25H25N3O3. The summed E-state index contributed by atoms with van der Waals surface area (Å²) >= 11 is 0. The first-order valence-corrected chi connectivity index (χ1v) is 10.3. The number of morpholine rings is 1. The van der Waals surface area contributed by atoms with E-state index in [2.05, 4.69) is 36.2 Å². The summed E-state index contributed by atoms with van der Waals surface area (Å²) in [5.74, 6) is -0.757. The molecule has 1 atom stereocenters. The second-order valence-corrected chi connectivity index (χ2v) is 7.92. The fourth-order valence-electron chi connectivity index (χ4n) is 3.91. The van der Waals surface area contributed by atoms with E-state index in [4.69, 9.17) is 10.5 Å². The molecular weight excluding hydrogens is 390 g/mol. The number of carbonyl (C=O) groups is 2. The van der Waals surface area contributed by atoms with Crippen LogP contribution < -0.4 is 5.73 Å². The van der Waals surface area contributed by atoms with E-state index in [0.29, 0.717) is 18.5 Å². The first-order chi connectivity index (χ1) is 15.0. The molecule has 0 aliphatic carbocycles. The van der Waals surface area contributed by atoms with Crippen molar-refractivity contribution in [1.29, 1.82) is 0 Å². The highest BCUT2D eigenvalue weighted by molar-refractivity contribution is 5.95. The highest BCUT2D eigenvalue weighted by Gasteiger charge is 2.44. The number of hydrogen-bond donors (Lipinski definition) is 1. The Morgan fingerprint density at radius 2 is 1.90 bits per heavy atom. The van der Waals surface area contributed by atoms with Gasteiger partial charge in [0.05, 0.1) is 18.7 Å². The van der Waals surface area contributed by atoms with E-state index in [-0.39, 0.29) is 19.1 Å². The normalized spacial score (nSPS) is 18.5. The van der Waals surface area contributed by atoms with E-state index in [9.17, 15) is 9.59 Å². The van der Waals surface area contributed by atoms with Crippen LogP contribution in [0.25, 0.3) is 11.1 Å². The Balaban J connectivity index is 1.59. The highest BCUT2D eigenvalue weighted by Crippen LogP contribution is 2.27. The van der Waals surface area contributed by atoms with Crippen molar-refractivity contribution in [2.45, 2.75) is 18.9 Å². The molecule has 4 rings (SSSR count). The van der Waals surface area contributed by atoms with Gasteiger partial charge in [0, 0.05) is 25.4 Å². The molecule has 3 aromatic rings. The zero-order valence-electron chi connectivity index (χ0n) is 17.5. The lowest BCUT2D eigenvalue weighted by Crippen LogP contribution is -2.61. The Labute approximate surface area is 181 Å². The molecule has 2 N–H and O–H groups in total. The summed E-state index contributed by atoms with van der Waals surface area (Å²) in [5, 5.41) is 0. The van der Waals surface area contributed by atoms with Crippen LogP contribution in [0.2, 0.25) is 0 Å². The van der Waals surface area contributed by atoms with E-state index in [1.165, 1.54) is 11.8 Å². The number of primary amides is 1. The number of aromatic nitrogens is 1. The summed E-state index contributed by atoms with van der Waals surface area (Å²) < 4.78 is 5.92. The molecule has 6 nitrogen and oxygen atoms in total. The van der Waals surface area contributed by atoms with E-state index in [0.717, 1.165) is 16.7 Å². The monoisotopic (exact) mass is 415 g/mol.